The average molecular weight is 258 g/mol. The van der Waals surface area contributed by atoms with Gasteiger partial charge in [0.25, 0.3) is 0 Å². The summed E-state index contributed by atoms with van der Waals surface area (Å²) in [7, 11) is 0. The minimum absolute atomic E-state index is 0.761. The maximum absolute atomic E-state index is 6.04. The van der Waals surface area contributed by atoms with Gasteiger partial charge >= 0.3 is 0 Å². The summed E-state index contributed by atoms with van der Waals surface area (Å²) >= 11 is 7.33. The number of halogens is 1. The van der Waals surface area contributed by atoms with Crippen LogP contribution in [0.25, 0.3) is 0 Å². The van der Waals surface area contributed by atoms with Gasteiger partial charge in [-0.2, -0.15) is 0 Å². The van der Waals surface area contributed by atoms with Gasteiger partial charge in [0.05, 0.1) is 0 Å². The second-order valence-corrected chi connectivity index (χ2v) is 6.24. The predicted molar refractivity (Wildman–Crippen MR) is 65.7 cm³/mol. The van der Waals surface area contributed by atoms with E-state index in [9.17, 15) is 0 Å². The van der Waals surface area contributed by atoms with Gasteiger partial charge in [-0.25, -0.2) is 0 Å². The molecule has 1 aromatic heterocycles. The molecule has 3 rings (SSSR count). The molecule has 2 atom stereocenters. The molecule has 88 valence electrons. The fourth-order valence-corrected chi connectivity index (χ4v) is 3.63. The van der Waals surface area contributed by atoms with Crippen LogP contribution in [0.3, 0.4) is 0 Å². The third-order valence-corrected chi connectivity index (χ3v) is 4.90. The van der Waals surface area contributed by atoms with E-state index in [4.69, 9.17) is 11.6 Å². The number of aromatic nitrogens is 2. The minimum atomic E-state index is 0.761. The van der Waals surface area contributed by atoms with E-state index in [0.29, 0.717) is 0 Å². The lowest BCUT2D eigenvalue weighted by Crippen LogP contribution is -2.54. The van der Waals surface area contributed by atoms with E-state index in [1.807, 2.05) is 0 Å². The predicted octanol–water partition coefficient (Wildman–Crippen LogP) is 2.96. The molecule has 0 bridgehead atoms. The highest BCUT2D eigenvalue weighted by atomic mass is 35.5. The van der Waals surface area contributed by atoms with Gasteiger partial charge in [0.2, 0.25) is 0 Å². The molecule has 3 nitrogen and oxygen atoms in total. The highest BCUT2D eigenvalue weighted by molar-refractivity contribution is 7.10. The Bertz CT molecular complexity index is 368. The summed E-state index contributed by atoms with van der Waals surface area (Å²) in [6.45, 7) is 2.13. The highest BCUT2D eigenvalue weighted by Gasteiger charge is 2.39. The Hall–Kier alpha value is -0.190. The van der Waals surface area contributed by atoms with Crippen molar-refractivity contribution in [3.63, 3.8) is 0 Å². The summed E-state index contributed by atoms with van der Waals surface area (Å²) in [5, 5.41) is 4.09. The first kappa shape index (κ1) is 10.9. The van der Waals surface area contributed by atoms with Gasteiger partial charge in [0, 0.05) is 30.7 Å². The standard InChI is InChI=1S/C11H16ClN3S/c12-11-9(13-14-16-11)7-15-6-8-4-2-1-3-5-10(8)15/h8,10H,1-7H2/t8-,10+/m0/s1. The lowest BCUT2D eigenvalue weighted by molar-refractivity contribution is 0.00205. The molecule has 0 aromatic carbocycles. The van der Waals surface area contributed by atoms with Gasteiger partial charge in [-0.05, 0) is 18.8 Å². The molecule has 0 N–H and O–H groups in total. The average Bonchev–Trinajstić information content (AvgIpc) is 2.55. The van der Waals surface area contributed by atoms with Gasteiger partial charge in [0.15, 0.2) is 0 Å². The molecule has 2 fully saturated rings. The molecule has 16 heavy (non-hydrogen) atoms. The van der Waals surface area contributed by atoms with E-state index in [0.717, 1.165) is 28.5 Å². The zero-order valence-electron chi connectivity index (χ0n) is 9.23. The van der Waals surface area contributed by atoms with Crippen LogP contribution in [0, 0.1) is 5.92 Å². The van der Waals surface area contributed by atoms with Crippen LogP contribution in [0.1, 0.15) is 37.8 Å². The SMILES string of the molecule is Clc1snnc1CN1C[C@@H]2CCCCC[C@H]21. The van der Waals surface area contributed by atoms with Gasteiger partial charge in [-0.15, -0.1) is 5.10 Å². The van der Waals surface area contributed by atoms with Crippen LogP contribution < -0.4 is 0 Å². The lowest BCUT2D eigenvalue weighted by atomic mass is 9.84. The van der Waals surface area contributed by atoms with E-state index in [-0.39, 0.29) is 0 Å². The monoisotopic (exact) mass is 257 g/mol. The van der Waals surface area contributed by atoms with Crippen LogP contribution >= 0.6 is 23.1 Å². The summed E-state index contributed by atoms with van der Waals surface area (Å²) in [5.74, 6) is 0.938. The van der Waals surface area contributed by atoms with Crippen molar-refractivity contribution in [2.45, 2.75) is 44.7 Å². The van der Waals surface area contributed by atoms with E-state index in [1.165, 1.54) is 50.2 Å². The Kier molecular flexibility index (Phi) is 3.14. The molecular formula is C11H16ClN3S. The van der Waals surface area contributed by atoms with Crippen molar-refractivity contribution in [1.82, 2.24) is 14.5 Å². The molecule has 0 radical (unpaired) electrons. The van der Waals surface area contributed by atoms with Crippen LogP contribution in [0.4, 0.5) is 0 Å². The van der Waals surface area contributed by atoms with Crippen LogP contribution in [-0.4, -0.2) is 27.1 Å². The van der Waals surface area contributed by atoms with E-state index in [1.54, 1.807) is 0 Å². The number of rotatable bonds is 2. The second-order valence-electron chi connectivity index (χ2n) is 4.89. The summed E-state index contributed by atoms with van der Waals surface area (Å²) < 4.78 is 4.65. The maximum atomic E-state index is 6.04. The normalized spacial score (nSPS) is 30.6. The summed E-state index contributed by atoms with van der Waals surface area (Å²) in [5.41, 5.74) is 0.967. The first-order valence-electron chi connectivity index (χ1n) is 6.05. The van der Waals surface area contributed by atoms with Crippen molar-refractivity contribution in [2.24, 2.45) is 5.92 Å². The lowest BCUT2D eigenvalue weighted by Gasteiger charge is -2.47. The van der Waals surface area contributed by atoms with Gasteiger partial charge in [-0.3, -0.25) is 4.90 Å². The number of hydrogen-bond donors (Lipinski definition) is 0. The number of fused-ring (bicyclic) bond motifs is 1. The highest BCUT2D eigenvalue weighted by Crippen LogP contribution is 2.37. The summed E-state index contributed by atoms with van der Waals surface area (Å²) in [6, 6.07) is 0.792. The Balaban J connectivity index is 1.63. The Morgan fingerprint density at radius 3 is 3.00 bits per heavy atom. The van der Waals surface area contributed by atoms with Crippen molar-refractivity contribution < 1.29 is 0 Å². The topological polar surface area (TPSA) is 29.0 Å². The van der Waals surface area contributed by atoms with Crippen LogP contribution in [0.15, 0.2) is 0 Å². The zero-order chi connectivity index (χ0) is 11.0. The van der Waals surface area contributed by atoms with Gasteiger partial charge < -0.3 is 0 Å². The smallest absolute Gasteiger partial charge is 0.138 e. The Labute approximate surface area is 105 Å². The second kappa shape index (κ2) is 4.59. The molecule has 0 amide bonds. The third kappa shape index (κ3) is 1.98. The third-order valence-electron chi connectivity index (χ3n) is 3.92. The molecule has 1 aliphatic heterocycles. The van der Waals surface area contributed by atoms with Crippen molar-refractivity contribution in [1.29, 1.82) is 0 Å². The largest absolute Gasteiger partial charge is 0.294 e. The Morgan fingerprint density at radius 1 is 1.31 bits per heavy atom. The first-order chi connectivity index (χ1) is 7.84. The zero-order valence-corrected chi connectivity index (χ0v) is 10.8. The first-order valence-corrected chi connectivity index (χ1v) is 7.20. The number of hydrogen-bond acceptors (Lipinski definition) is 4. The fourth-order valence-electron chi connectivity index (χ4n) is 3.02. The minimum Gasteiger partial charge on any atom is -0.294 e. The van der Waals surface area contributed by atoms with Crippen molar-refractivity contribution in [2.75, 3.05) is 6.54 Å². The van der Waals surface area contributed by atoms with E-state index in [2.05, 4.69) is 14.5 Å². The Morgan fingerprint density at radius 2 is 2.19 bits per heavy atom. The number of likely N-dealkylation sites (tertiary alicyclic amines) is 1. The van der Waals surface area contributed by atoms with Crippen LogP contribution in [0.2, 0.25) is 4.34 Å². The molecule has 0 unspecified atom stereocenters. The van der Waals surface area contributed by atoms with E-state index >= 15 is 0 Å². The molecule has 1 saturated heterocycles. The summed E-state index contributed by atoms with van der Waals surface area (Å²) in [4.78, 5) is 2.53. The molecule has 2 aliphatic rings. The maximum Gasteiger partial charge on any atom is 0.138 e. The van der Waals surface area contributed by atoms with Crippen molar-refractivity contribution in [3.8, 4) is 0 Å². The quantitative estimate of drug-likeness (QED) is 0.816. The molecule has 1 aliphatic carbocycles. The molecule has 0 spiro atoms. The number of nitrogens with zero attached hydrogens (tertiary/aromatic N) is 3. The molecule has 2 heterocycles. The molecule has 1 saturated carbocycles. The van der Waals surface area contributed by atoms with Crippen LogP contribution in [0.5, 0.6) is 0 Å². The van der Waals surface area contributed by atoms with Crippen molar-refractivity contribution in [3.05, 3.63) is 10.0 Å². The fraction of sp³-hybridized carbons (Fsp3) is 0.818. The van der Waals surface area contributed by atoms with Gasteiger partial charge in [-0.1, -0.05) is 35.4 Å². The molecule has 5 heteroatoms. The summed E-state index contributed by atoms with van der Waals surface area (Å²) in [6.07, 6.45) is 7.01. The molecular weight excluding hydrogens is 242 g/mol. The van der Waals surface area contributed by atoms with Crippen molar-refractivity contribution >= 4 is 23.1 Å². The van der Waals surface area contributed by atoms with Gasteiger partial charge in [0.1, 0.15) is 10.0 Å². The molecule has 1 aromatic rings. The van der Waals surface area contributed by atoms with E-state index < -0.39 is 0 Å². The van der Waals surface area contributed by atoms with Crippen LogP contribution in [-0.2, 0) is 6.54 Å².